The molecule has 21 nitrogen and oxygen atoms in total. The Morgan fingerprint density at radius 2 is 1.30 bits per heavy atom. The molecule has 21 heteroatoms. The van der Waals surface area contributed by atoms with Crippen LogP contribution in [-0.4, -0.2) is 124 Å². The Balaban J connectivity index is 0.717. The standard InChI is InChI=1S/C40H44N18O3/c41-17-25-18-44-38(45-19-25)56-12-14-57(15-13-56)40-48-22-28(23-49-40)36(60)54-8-10-55(11-9-54)39-46-20-27(21-47-39)30(59)4-2-1-3-7-58-35-32(34(42)50-24-51-35)33(53-58)26-5-6-31-29(16-26)52-37(43)61-31/h5-6,16,18-24H,1-4,7-15,17,41H2,(H2,43,52)(H2,42,50,51). The van der Waals surface area contributed by atoms with Crippen LogP contribution in [0.3, 0.4) is 0 Å². The molecule has 2 aliphatic heterocycles. The predicted molar refractivity (Wildman–Crippen MR) is 226 cm³/mol. The number of aryl methyl sites for hydroxylation is 1. The Kier molecular flexibility index (Phi) is 10.9. The molecular weight excluding hydrogens is 781 g/mol. The Morgan fingerprint density at radius 3 is 1.93 bits per heavy atom. The van der Waals surface area contributed by atoms with Gasteiger partial charge < -0.3 is 41.2 Å². The molecule has 6 N–H and O–H groups in total. The lowest BCUT2D eigenvalue weighted by Gasteiger charge is -2.35. The highest BCUT2D eigenvalue weighted by Crippen LogP contribution is 2.32. The number of anilines is 5. The van der Waals surface area contributed by atoms with E-state index in [1.807, 2.05) is 21.7 Å². The topological polar surface area (TPSA) is 272 Å². The maximum absolute atomic E-state index is 13.3. The second-order valence-electron chi connectivity index (χ2n) is 14.9. The number of Topliss-reactive ketones (excluding diaryl/α,β-unsaturated/α-hetero) is 1. The molecule has 2 fully saturated rings. The summed E-state index contributed by atoms with van der Waals surface area (Å²) in [7, 11) is 0. The molecule has 9 rings (SSSR count). The Hall–Kier alpha value is -7.42. The van der Waals surface area contributed by atoms with Crippen LogP contribution < -0.4 is 31.9 Å². The van der Waals surface area contributed by atoms with Crippen molar-refractivity contribution in [2.45, 2.75) is 38.8 Å². The molecule has 1 amide bonds. The van der Waals surface area contributed by atoms with Crippen molar-refractivity contribution in [3.63, 3.8) is 0 Å². The summed E-state index contributed by atoms with van der Waals surface area (Å²) in [5, 5.41) is 5.50. The van der Waals surface area contributed by atoms with E-state index in [9.17, 15) is 9.59 Å². The van der Waals surface area contributed by atoms with Crippen LogP contribution >= 0.6 is 0 Å². The minimum absolute atomic E-state index is 0.0165. The van der Waals surface area contributed by atoms with E-state index in [2.05, 4.69) is 54.7 Å². The average molecular weight is 825 g/mol. The number of carbonyl (C=O) groups is 2. The first-order chi connectivity index (χ1) is 29.8. The van der Waals surface area contributed by atoms with Gasteiger partial charge in [0.05, 0.1) is 16.5 Å². The van der Waals surface area contributed by atoms with Gasteiger partial charge in [-0.05, 0) is 31.0 Å². The molecule has 61 heavy (non-hydrogen) atoms. The van der Waals surface area contributed by atoms with Gasteiger partial charge in [0.15, 0.2) is 17.0 Å². The number of hydrogen-bond acceptors (Lipinski definition) is 19. The molecule has 0 radical (unpaired) electrons. The number of nitrogens with two attached hydrogens (primary N) is 3. The van der Waals surface area contributed by atoms with Gasteiger partial charge >= 0.3 is 0 Å². The SMILES string of the molecule is NCc1cnc(N2CCN(c3ncc(C(=O)N4CCN(c5ncc(C(=O)CCCCCn6nc(-c7ccc8oc(N)nc8c7)c7c(N)ncnc76)cn5)CC4)cn3)CC2)nc1. The fourth-order valence-electron chi connectivity index (χ4n) is 7.59. The highest BCUT2D eigenvalue weighted by molar-refractivity contribution is 5.99. The van der Waals surface area contributed by atoms with E-state index in [-0.39, 0.29) is 17.7 Å². The van der Waals surface area contributed by atoms with Crippen LogP contribution in [0.25, 0.3) is 33.4 Å². The van der Waals surface area contributed by atoms with E-state index in [0.29, 0.717) is 128 Å². The smallest absolute Gasteiger partial charge is 0.292 e. The number of nitrogens with zero attached hydrogens (tertiary/aromatic N) is 15. The number of fused-ring (bicyclic) bond motifs is 2. The number of nitrogen functional groups attached to an aromatic ring is 2. The van der Waals surface area contributed by atoms with Crippen LogP contribution in [0.1, 0.15) is 52.0 Å². The molecule has 7 aromatic rings. The Bertz CT molecular complexity index is 2650. The third-order valence-electron chi connectivity index (χ3n) is 11.0. The lowest BCUT2D eigenvalue weighted by atomic mass is 10.1. The predicted octanol–water partition coefficient (Wildman–Crippen LogP) is 2.36. The maximum Gasteiger partial charge on any atom is 0.292 e. The average Bonchev–Trinajstić information content (AvgIpc) is 3.88. The van der Waals surface area contributed by atoms with E-state index in [1.165, 1.54) is 6.33 Å². The lowest BCUT2D eigenvalue weighted by Crippen LogP contribution is -2.49. The first-order valence-electron chi connectivity index (χ1n) is 20.2. The summed E-state index contributed by atoms with van der Waals surface area (Å²) < 4.78 is 7.24. The molecule has 0 atom stereocenters. The first kappa shape index (κ1) is 39.1. The summed E-state index contributed by atoms with van der Waals surface area (Å²) >= 11 is 0. The quantitative estimate of drug-likeness (QED) is 0.111. The first-order valence-corrected chi connectivity index (χ1v) is 20.2. The van der Waals surface area contributed by atoms with E-state index in [0.717, 1.165) is 37.1 Å². The fraction of sp³-hybridized carbons (Fsp3) is 0.350. The van der Waals surface area contributed by atoms with Gasteiger partial charge in [-0.25, -0.2) is 44.6 Å². The van der Waals surface area contributed by atoms with Crippen molar-refractivity contribution in [2.75, 3.05) is 78.5 Å². The molecule has 2 aliphatic rings. The number of amides is 1. The normalized spacial score (nSPS) is 14.6. The highest BCUT2D eigenvalue weighted by Gasteiger charge is 2.26. The minimum atomic E-state index is -0.120. The van der Waals surface area contributed by atoms with E-state index < -0.39 is 0 Å². The number of aromatic nitrogens is 11. The van der Waals surface area contributed by atoms with Crippen molar-refractivity contribution >= 4 is 63.5 Å². The van der Waals surface area contributed by atoms with Crippen molar-refractivity contribution in [3.05, 3.63) is 78.4 Å². The highest BCUT2D eigenvalue weighted by atomic mass is 16.4. The third-order valence-corrected chi connectivity index (χ3v) is 11.0. The van der Waals surface area contributed by atoms with E-state index >= 15 is 0 Å². The summed E-state index contributed by atoms with van der Waals surface area (Å²) in [5.41, 5.74) is 22.7. The molecule has 2 saturated heterocycles. The van der Waals surface area contributed by atoms with Gasteiger partial charge in [0.25, 0.3) is 11.9 Å². The van der Waals surface area contributed by atoms with Crippen LogP contribution in [0.2, 0.25) is 0 Å². The Labute approximate surface area is 349 Å². The van der Waals surface area contributed by atoms with Gasteiger partial charge in [0.1, 0.15) is 23.4 Å². The zero-order chi connectivity index (χ0) is 41.9. The van der Waals surface area contributed by atoms with Gasteiger partial charge in [-0.1, -0.05) is 6.42 Å². The molecule has 0 saturated carbocycles. The molecule has 0 bridgehead atoms. The lowest BCUT2D eigenvalue weighted by molar-refractivity contribution is 0.0745. The molecule has 8 heterocycles. The molecular formula is C40H44N18O3. The van der Waals surface area contributed by atoms with Crippen molar-refractivity contribution in [3.8, 4) is 11.3 Å². The van der Waals surface area contributed by atoms with Crippen LogP contribution in [0.5, 0.6) is 0 Å². The second-order valence-corrected chi connectivity index (χ2v) is 14.9. The fourth-order valence-corrected chi connectivity index (χ4v) is 7.59. The molecule has 0 spiro atoms. The van der Waals surface area contributed by atoms with Gasteiger partial charge in [0, 0.05) is 120 Å². The van der Waals surface area contributed by atoms with Crippen LogP contribution in [0.15, 0.2) is 66.1 Å². The number of benzene rings is 1. The monoisotopic (exact) mass is 824 g/mol. The largest absolute Gasteiger partial charge is 0.424 e. The van der Waals surface area contributed by atoms with Crippen LogP contribution in [0, 0.1) is 0 Å². The molecule has 312 valence electrons. The molecule has 6 aromatic heterocycles. The van der Waals surface area contributed by atoms with Gasteiger partial charge in [-0.15, -0.1) is 0 Å². The van der Waals surface area contributed by atoms with Crippen molar-refractivity contribution < 1.29 is 14.0 Å². The van der Waals surface area contributed by atoms with E-state index in [4.69, 9.17) is 26.7 Å². The van der Waals surface area contributed by atoms with Crippen molar-refractivity contribution in [1.29, 1.82) is 0 Å². The number of hydrogen-bond donors (Lipinski definition) is 3. The zero-order valence-electron chi connectivity index (χ0n) is 33.3. The number of rotatable bonds is 13. The van der Waals surface area contributed by atoms with E-state index in [1.54, 1.807) is 48.1 Å². The minimum Gasteiger partial charge on any atom is -0.424 e. The van der Waals surface area contributed by atoms with Crippen LogP contribution in [-0.2, 0) is 13.1 Å². The van der Waals surface area contributed by atoms with Crippen molar-refractivity contribution in [2.24, 2.45) is 5.73 Å². The second kappa shape index (κ2) is 17.0. The number of ketones is 1. The number of piperazine rings is 2. The summed E-state index contributed by atoms with van der Waals surface area (Å²) in [6, 6.07) is 5.61. The number of oxazole rings is 1. The third kappa shape index (κ3) is 8.26. The molecule has 1 aromatic carbocycles. The summed E-state index contributed by atoms with van der Waals surface area (Å²) in [6.45, 7) is 5.95. The summed E-state index contributed by atoms with van der Waals surface area (Å²) in [5.74, 6) is 1.99. The number of carbonyl (C=O) groups excluding carboxylic acids is 2. The summed E-state index contributed by atoms with van der Waals surface area (Å²) in [4.78, 5) is 74.2. The van der Waals surface area contributed by atoms with Crippen molar-refractivity contribution in [1.82, 2.24) is 59.5 Å². The van der Waals surface area contributed by atoms with Crippen LogP contribution in [0.4, 0.5) is 29.7 Å². The Morgan fingerprint density at radius 1 is 0.689 bits per heavy atom. The maximum atomic E-state index is 13.3. The molecule has 0 aliphatic carbocycles. The van der Waals surface area contributed by atoms with Gasteiger partial charge in [-0.3, -0.25) is 9.59 Å². The zero-order valence-corrected chi connectivity index (χ0v) is 33.3. The number of unbranched alkanes of at least 4 members (excludes halogenated alkanes) is 2. The van der Waals surface area contributed by atoms with Gasteiger partial charge in [-0.2, -0.15) is 10.1 Å². The van der Waals surface area contributed by atoms with Gasteiger partial charge in [0.2, 0.25) is 17.8 Å². The molecule has 0 unspecified atom stereocenters. The summed E-state index contributed by atoms with van der Waals surface area (Å²) in [6.07, 6.45) is 13.9.